The molecule has 0 bridgehead atoms. The molecule has 0 radical (unpaired) electrons. The van der Waals surface area contributed by atoms with Gasteiger partial charge in [-0.15, -0.1) is 0 Å². The summed E-state index contributed by atoms with van der Waals surface area (Å²) >= 11 is 11.9. The van der Waals surface area contributed by atoms with Crippen molar-refractivity contribution in [3.63, 3.8) is 0 Å². The molecule has 0 fully saturated rings. The Morgan fingerprint density at radius 2 is 2.05 bits per heavy atom. The molecule has 2 aromatic rings. The third-order valence-corrected chi connectivity index (χ3v) is 3.04. The van der Waals surface area contributed by atoms with Gasteiger partial charge in [0, 0.05) is 6.20 Å². The lowest BCUT2D eigenvalue weighted by Gasteiger charge is -2.09. The average molecular weight is 298 g/mol. The molecule has 0 aliphatic rings. The molecule has 0 saturated heterocycles. The van der Waals surface area contributed by atoms with Crippen LogP contribution in [0.3, 0.4) is 0 Å². The fourth-order valence-electron chi connectivity index (χ4n) is 1.45. The van der Waals surface area contributed by atoms with Gasteiger partial charge in [0.2, 0.25) is 5.88 Å². The van der Waals surface area contributed by atoms with Gasteiger partial charge in [-0.2, -0.15) is 0 Å². The zero-order valence-corrected chi connectivity index (χ0v) is 11.4. The lowest BCUT2D eigenvalue weighted by atomic mass is 10.2. The number of halogens is 2. The molecule has 1 N–H and O–H groups in total. The van der Waals surface area contributed by atoms with E-state index in [1.807, 2.05) is 13.0 Å². The standard InChI is InChI=1S/C13H9Cl2NO3/c1-7-2-3-10(9(14)6-7)19-12-11(15)8(13(17)18)4-5-16-12/h2-6H,1H3,(H,17,18). The average Bonchev–Trinajstić information content (AvgIpc) is 2.34. The third kappa shape index (κ3) is 2.97. The van der Waals surface area contributed by atoms with E-state index in [1.165, 1.54) is 12.3 Å². The summed E-state index contributed by atoms with van der Waals surface area (Å²) in [7, 11) is 0. The molecule has 0 aliphatic carbocycles. The largest absolute Gasteiger partial charge is 0.478 e. The molecular formula is C13H9Cl2NO3. The maximum Gasteiger partial charge on any atom is 0.337 e. The summed E-state index contributed by atoms with van der Waals surface area (Å²) < 4.78 is 5.45. The number of benzene rings is 1. The minimum Gasteiger partial charge on any atom is -0.478 e. The molecule has 6 heteroatoms. The van der Waals surface area contributed by atoms with Crippen molar-refractivity contribution in [2.75, 3.05) is 0 Å². The van der Waals surface area contributed by atoms with Crippen molar-refractivity contribution in [3.05, 3.63) is 51.6 Å². The van der Waals surface area contributed by atoms with Gasteiger partial charge in [0.05, 0.1) is 10.6 Å². The molecule has 1 aromatic heterocycles. The number of aromatic nitrogens is 1. The SMILES string of the molecule is Cc1ccc(Oc2nccc(C(=O)O)c2Cl)c(Cl)c1. The second-order valence-corrected chi connectivity index (χ2v) is 4.60. The van der Waals surface area contributed by atoms with Crippen molar-refractivity contribution < 1.29 is 14.6 Å². The number of carboxylic acids is 1. The van der Waals surface area contributed by atoms with E-state index in [4.69, 9.17) is 33.0 Å². The van der Waals surface area contributed by atoms with Crippen LogP contribution in [-0.2, 0) is 0 Å². The van der Waals surface area contributed by atoms with E-state index >= 15 is 0 Å². The molecule has 19 heavy (non-hydrogen) atoms. The Kier molecular flexibility index (Phi) is 3.93. The molecule has 0 aliphatic heterocycles. The molecule has 1 aromatic carbocycles. The molecule has 4 nitrogen and oxygen atoms in total. The fraction of sp³-hybridized carbons (Fsp3) is 0.0769. The summed E-state index contributed by atoms with van der Waals surface area (Å²) in [5.74, 6) is -0.774. The number of ether oxygens (including phenoxy) is 1. The van der Waals surface area contributed by atoms with E-state index in [9.17, 15) is 4.79 Å². The van der Waals surface area contributed by atoms with Gasteiger partial charge in [0.1, 0.15) is 10.8 Å². The Bertz CT molecular complexity index is 644. The fourth-order valence-corrected chi connectivity index (χ4v) is 1.96. The highest BCUT2D eigenvalue weighted by atomic mass is 35.5. The number of pyridine rings is 1. The van der Waals surface area contributed by atoms with Crippen LogP contribution >= 0.6 is 23.2 Å². The first-order chi connectivity index (χ1) is 8.99. The van der Waals surface area contributed by atoms with Crippen molar-refractivity contribution in [2.45, 2.75) is 6.92 Å². The van der Waals surface area contributed by atoms with Crippen LogP contribution in [-0.4, -0.2) is 16.1 Å². The van der Waals surface area contributed by atoms with Crippen LogP contribution in [0.1, 0.15) is 15.9 Å². The Hall–Kier alpha value is -1.78. The van der Waals surface area contributed by atoms with Crippen LogP contribution < -0.4 is 4.74 Å². The molecular weight excluding hydrogens is 289 g/mol. The second-order valence-electron chi connectivity index (χ2n) is 3.82. The van der Waals surface area contributed by atoms with Gasteiger partial charge in [-0.05, 0) is 30.7 Å². The molecule has 0 amide bonds. The minimum absolute atomic E-state index is 0.00678. The van der Waals surface area contributed by atoms with Gasteiger partial charge in [-0.1, -0.05) is 29.3 Å². The Morgan fingerprint density at radius 1 is 1.32 bits per heavy atom. The van der Waals surface area contributed by atoms with Gasteiger partial charge < -0.3 is 9.84 Å². The van der Waals surface area contributed by atoms with Crippen LogP contribution in [0.5, 0.6) is 11.6 Å². The summed E-state index contributed by atoms with van der Waals surface area (Å²) in [6.45, 7) is 1.89. The van der Waals surface area contributed by atoms with E-state index in [0.717, 1.165) is 5.56 Å². The summed E-state index contributed by atoms with van der Waals surface area (Å²) in [6, 6.07) is 6.51. The van der Waals surface area contributed by atoms with Crippen molar-refractivity contribution in [1.29, 1.82) is 0 Å². The lowest BCUT2D eigenvalue weighted by molar-refractivity contribution is 0.0696. The molecule has 0 saturated carbocycles. The third-order valence-electron chi connectivity index (χ3n) is 2.38. The number of hydrogen-bond acceptors (Lipinski definition) is 3. The summed E-state index contributed by atoms with van der Waals surface area (Å²) in [4.78, 5) is 14.8. The number of hydrogen-bond donors (Lipinski definition) is 1. The normalized spacial score (nSPS) is 10.3. The summed E-state index contributed by atoms with van der Waals surface area (Å²) in [6.07, 6.45) is 1.31. The Labute approximate surface area is 119 Å². The van der Waals surface area contributed by atoms with Gasteiger partial charge in [0.15, 0.2) is 0 Å². The monoisotopic (exact) mass is 297 g/mol. The van der Waals surface area contributed by atoms with E-state index in [0.29, 0.717) is 10.8 Å². The molecule has 0 unspecified atom stereocenters. The number of aryl methyl sites for hydroxylation is 1. The van der Waals surface area contributed by atoms with E-state index in [2.05, 4.69) is 4.98 Å². The first kappa shape index (κ1) is 13.6. The number of aromatic carboxylic acids is 1. The minimum atomic E-state index is -1.15. The van der Waals surface area contributed by atoms with Crippen molar-refractivity contribution in [1.82, 2.24) is 4.98 Å². The van der Waals surface area contributed by atoms with Gasteiger partial charge in [-0.3, -0.25) is 0 Å². The highest BCUT2D eigenvalue weighted by Gasteiger charge is 2.15. The van der Waals surface area contributed by atoms with Crippen molar-refractivity contribution in [3.8, 4) is 11.6 Å². The van der Waals surface area contributed by atoms with Crippen LogP contribution in [0.15, 0.2) is 30.5 Å². The topological polar surface area (TPSA) is 59.4 Å². The van der Waals surface area contributed by atoms with Crippen molar-refractivity contribution >= 4 is 29.2 Å². The quantitative estimate of drug-likeness (QED) is 0.923. The van der Waals surface area contributed by atoms with Gasteiger partial charge in [0.25, 0.3) is 0 Å². The first-order valence-electron chi connectivity index (χ1n) is 5.31. The predicted molar refractivity (Wildman–Crippen MR) is 72.5 cm³/mol. The van der Waals surface area contributed by atoms with Gasteiger partial charge in [-0.25, -0.2) is 9.78 Å². The van der Waals surface area contributed by atoms with E-state index in [-0.39, 0.29) is 16.5 Å². The second kappa shape index (κ2) is 5.47. The number of nitrogens with zero attached hydrogens (tertiary/aromatic N) is 1. The number of carboxylic acid groups (broad SMARTS) is 1. The van der Waals surface area contributed by atoms with E-state index in [1.54, 1.807) is 12.1 Å². The highest BCUT2D eigenvalue weighted by Crippen LogP contribution is 2.33. The molecule has 1 heterocycles. The maximum absolute atomic E-state index is 10.9. The molecule has 2 rings (SSSR count). The number of carbonyl (C=O) groups is 1. The summed E-state index contributed by atoms with van der Waals surface area (Å²) in [5.41, 5.74) is 0.908. The zero-order chi connectivity index (χ0) is 14.0. The zero-order valence-electron chi connectivity index (χ0n) is 9.85. The number of rotatable bonds is 3. The van der Waals surface area contributed by atoms with Crippen LogP contribution in [0.25, 0.3) is 0 Å². The maximum atomic E-state index is 10.9. The lowest BCUT2D eigenvalue weighted by Crippen LogP contribution is -2.00. The molecule has 0 atom stereocenters. The van der Waals surface area contributed by atoms with Crippen LogP contribution in [0.2, 0.25) is 10.0 Å². The Balaban J connectivity index is 2.38. The van der Waals surface area contributed by atoms with Crippen LogP contribution in [0.4, 0.5) is 0 Å². The van der Waals surface area contributed by atoms with Crippen molar-refractivity contribution in [2.24, 2.45) is 0 Å². The summed E-state index contributed by atoms with van der Waals surface area (Å²) in [5, 5.41) is 9.29. The highest BCUT2D eigenvalue weighted by molar-refractivity contribution is 6.35. The Morgan fingerprint density at radius 3 is 2.68 bits per heavy atom. The van der Waals surface area contributed by atoms with E-state index < -0.39 is 5.97 Å². The smallest absolute Gasteiger partial charge is 0.337 e. The predicted octanol–water partition coefficient (Wildman–Crippen LogP) is 4.19. The first-order valence-corrected chi connectivity index (χ1v) is 6.06. The molecule has 98 valence electrons. The van der Waals surface area contributed by atoms with Gasteiger partial charge >= 0.3 is 5.97 Å². The molecule has 0 spiro atoms. The van der Waals surface area contributed by atoms with Crippen LogP contribution in [0, 0.1) is 6.92 Å².